The molecule has 0 saturated carbocycles. The Hall–Kier alpha value is -2.33. The van der Waals surface area contributed by atoms with E-state index in [9.17, 15) is 9.90 Å². The van der Waals surface area contributed by atoms with Gasteiger partial charge in [0.05, 0.1) is 6.61 Å². The van der Waals surface area contributed by atoms with Gasteiger partial charge in [-0.1, -0.05) is 30.3 Å². The summed E-state index contributed by atoms with van der Waals surface area (Å²) in [4.78, 5) is 11.9. The van der Waals surface area contributed by atoms with Gasteiger partial charge in [0, 0.05) is 16.7 Å². The highest BCUT2D eigenvalue weighted by molar-refractivity contribution is 6.00. The molecule has 0 fully saturated rings. The van der Waals surface area contributed by atoms with Crippen LogP contribution in [0.15, 0.2) is 48.5 Å². The summed E-state index contributed by atoms with van der Waals surface area (Å²) < 4.78 is 5.38. The Bertz CT molecular complexity index is 651. The number of carbonyl (C=O) groups excluding carboxylic acids is 1. The Morgan fingerprint density at radius 3 is 2.55 bits per heavy atom. The average molecular weight is 269 g/mol. The third-order valence-electron chi connectivity index (χ3n) is 3.44. The van der Waals surface area contributed by atoms with Gasteiger partial charge < -0.3 is 15.2 Å². The summed E-state index contributed by atoms with van der Waals surface area (Å²) in [5, 5.41) is 13.5. The van der Waals surface area contributed by atoms with Crippen molar-refractivity contribution in [2.24, 2.45) is 0 Å². The van der Waals surface area contributed by atoms with Crippen LogP contribution in [-0.4, -0.2) is 17.6 Å². The molecule has 4 nitrogen and oxygen atoms in total. The molecule has 1 aliphatic heterocycles. The van der Waals surface area contributed by atoms with Gasteiger partial charge in [0.25, 0.3) is 5.91 Å². The van der Waals surface area contributed by atoms with Gasteiger partial charge in [-0.3, -0.25) is 4.79 Å². The van der Waals surface area contributed by atoms with E-state index in [1.165, 1.54) is 0 Å². The normalized spacial score (nSPS) is 20.4. The first-order chi connectivity index (χ1) is 9.65. The van der Waals surface area contributed by atoms with E-state index in [2.05, 4.69) is 5.32 Å². The van der Waals surface area contributed by atoms with Gasteiger partial charge in [0.15, 0.2) is 5.72 Å². The van der Waals surface area contributed by atoms with Crippen LogP contribution in [0.1, 0.15) is 28.4 Å². The molecular formula is C16H15NO3. The highest BCUT2D eigenvalue weighted by Gasteiger charge is 2.42. The molecule has 102 valence electrons. The maximum absolute atomic E-state index is 11.9. The molecule has 0 aliphatic carbocycles. The van der Waals surface area contributed by atoms with Crippen LogP contribution >= 0.6 is 0 Å². The number of hydrogen-bond donors (Lipinski definition) is 2. The Labute approximate surface area is 117 Å². The lowest BCUT2D eigenvalue weighted by atomic mass is 9.94. The van der Waals surface area contributed by atoms with E-state index < -0.39 is 5.72 Å². The van der Waals surface area contributed by atoms with E-state index in [0.717, 1.165) is 5.75 Å². The summed E-state index contributed by atoms with van der Waals surface area (Å²) in [5.74, 6) is 0.467. The zero-order valence-corrected chi connectivity index (χ0v) is 11.1. The Kier molecular flexibility index (Phi) is 2.95. The Balaban J connectivity index is 2.03. The van der Waals surface area contributed by atoms with Crippen LogP contribution in [-0.2, 0) is 5.72 Å². The van der Waals surface area contributed by atoms with E-state index in [4.69, 9.17) is 4.74 Å². The first-order valence-electron chi connectivity index (χ1n) is 6.53. The van der Waals surface area contributed by atoms with Crippen molar-refractivity contribution in [3.63, 3.8) is 0 Å². The largest absolute Gasteiger partial charge is 0.494 e. The van der Waals surface area contributed by atoms with E-state index in [1.807, 2.05) is 6.92 Å². The van der Waals surface area contributed by atoms with Crippen molar-refractivity contribution < 1.29 is 14.6 Å². The lowest BCUT2D eigenvalue weighted by molar-refractivity contribution is 0.0476. The zero-order chi connectivity index (χ0) is 14.2. The monoisotopic (exact) mass is 269 g/mol. The molecule has 0 aromatic heterocycles. The smallest absolute Gasteiger partial charge is 0.254 e. The van der Waals surface area contributed by atoms with Crippen LogP contribution in [0.3, 0.4) is 0 Å². The van der Waals surface area contributed by atoms with E-state index in [1.54, 1.807) is 48.5 Å². The molecule has 0 bridgehead atoms. The molecule has 0 radical (unpaired) electrons. The summed E-state index contributed by atoms with van der Waals surface area (Å²) >= 11 is 0. The fourth-order valence-electron chi connectivity index (χ4n) is 2.48. The van der Waals surface area contributed by atoms with Crippen molar-refractivity contribution in [1.29, 1.82) is 0 Å². The van der Waals surface area contributed by atoms with Crippen LogP contribution in [0.2, 0.25) is 0 Å². The third kappa shape index (κ3) is 1.85. The number of ether oxygens (including phenoxy) is 1. The number of rotatable bonds is 3. The highest BCUT2D eigenvalue weighted by Crippen LogP contribution is 2.35. The van der Waals surface area contributed by atoms with Gasteiger partial charge >= 0.3 is 0 Å². The Morgan fingerprint density at radius 1 is 1.15 bits per heavy atom. The van der Waals surface area contributed by atoms with Gasteiger partial charge in [-0.15, -0.1) is 0 Å². The molecule has 1 amide bonds. The summed E-state index contributed by atoms with van der Waals surface area (Å²) in [6.45, 7) is 2.50. The fourth-order valence-corrected chi connectivity index (χ4v) is 2.48. The molecule has 0 spiro atoms. The van der Waals surface area contributed by atoms with Crippen molar-refractivity contribution in [2.45, 2.75) is 12.6 Å². The van der Waals surface area contributed by atoms with Gasteiger partial charge in [-0.05, 0) is 25.1 Å². The van der Waals surface area contributed by atoms with Gasteiger partial charge in [0.1, 0.15) is 5.75 Å². The average Bonchev–Trinajstić information content (AvgIpc) is 2.74. The van der Waals surface area contributed by atoms with Crippen LogP contribution < -0.4 is 10.1 Å². The van der Waals surface area contributed by atoms with Gasteiger partial charge in [0.2, 0.25) is 0 Å². The van der Waals surface area contributed by atoms with E-state index >= 15 is 0 Å². The van der Waals surface area contributed by atoms with Crippen LogP contribution in [0.25, 0.3) is 0 Å². The number of fused-ring (bicyclic) bond motifs is 1. The van der Waals surface area contributed by atoms with Crippen molar-refractivity contribution >= 4 is 5.91 Å². The van der Waals surface area contributed by atoms with Crippen molar-refractivity contribution in [1.82, 2.24) is 5.32 Å². The first-order valence-corrected chi connectivity index (χ1v) is 6.53. The van der Waals surface area contributed by atoms with Gasteiger partial charge in [-0.25, -0.2) is 0 Å². The molecule has 3 rings (SSSR count). The number of aliphatic hydroxyl groups is 1. The van der Waals surface area contributed by atoms with Crippen LogP contribution in [0, 0.1) is 0 Å². The molecule has 1 atom stereocenters. The third-order valence-corrected chi connectivity index (χ3v) is 3.44. The number of amides is 1. The number of benzene rings is 2. The molecule has 1 heterocycles. The van der Waals surface area contributed by atoms with Crippen LogP contribution in [0.4, 0.5) is 0 Å². The topological polar surface area (TPSA) is 58.6 Å². The summed E-state index contributed by atoms with van der Waals surface area (Å²) in [6.07, 6.45) is 0. The quantitative estimate of drug-likeness (QED) is 0.896. The predicted molar refractivity (Wildman–Crippen MR) is 74.5 cm³/mol. The SMILES string of the molecule is CCOc1ccc(C2(O)NC(=O)c3ccccc32)cc1. The zero-order valence-electron chi connectivity index (χ0n) is 11.1. The lowest BCUT2D eigenvalue weighted by Gasteiger charge is -2.24. The molecular weight excluding hydrogens is 254 g/mol. The summed E-state index contributed by atoms with van der Waals surface area (Å²) in [5.41, 5.74) is 0.218. The fraction of sp³-hybridized carbons (Fsp3) is 0.188. The summed E-state index contributed by atoms with van der Waals surface area (Å²) in [7, 11) is 0. The Morgan fingerprint density at radius 2 is 1.85 bits per heavy atom. The molecule has 1 unspecified atom stereocenters. The highest BCUT2D eigenvalue weighted by atomic mass is 16.5. The van der Waals surface area contributed by atoms with Crippen molar-refractivity contribution in [2.75, 3.05) is 6.61 Å². The maximum Gasteiger partial charge on any atom is 0.254 e. The molecule has 1 aliphatic rings. The second-order valence-corrected chi connectivity index (χ2v) is 4.67. The lowest BCUT2D eigenvalue weighted by Crippen LogP contribution is -2.40. The van der Waals surface area contributed by atoms with Crippen molar-refractivity contribution in [3.8, 4) is 5.75 Å². The second kappa shape index (κ2) is 4.65. The minimum atomic E-state index is -1.47. The molecule has 0 saturated heterocycles. The minimum absolute atomic E-state index is 0.267. The van der Waals surface area contributed by atoms with E-state index in [-0.39, 0.29) is 5.91 Å². The predicted octanol–water partition coefficient (Wildman–Crippen LogP) is 2.02. The summed E-state index contributed by atoms with van der Waals surface area (Å²) in [6, 6.07) is 14.1. The minimum Gasteiger partial charge on any atom is -0.494 e. The van der Waals surface area contributed by atoms with E-state index in [0.29, 0.717) is 23.3 Å². The molecule has 4 heteroatoms. The van der Waals surface area contributed by atoms with Crippen LogP contribution in [0.5, 0.6) is 5.75 Å². The number of carbonyl (C=O) groups is 1. The number of nitrogens with one attached hydrogen (secondary N) is 1. The maximum atomic E-state index is 11.9. The molecule has 20 heavy (non-hydrogen) atoms. The molecule has 2 aromatic rings. The standard InChI is InChI=1S/C16H15NO3/c1-2-20-12-9-7-11(8-10-12)16(19)14-6-4-3-5-13(14)15(18)17-16/h3-10,19H,2H2,1H3,(H,17,18). The van der Waals surface area contributed by atoms with Gasteiger partial charge in [-0.2, -0.15) is 0 Å². The number of hydrogen-bond acceptors (Lipinski definition) is 3. The molecule has 2 N–H and O–H groups in total. The first kappa shape index (κ1) is 12.7. The second-order valence-electron chi connectivity index (χ2n) is 4.67. The van der Waals surface area contributed by atoms with Crippen molar-refractivity contribution in [3.05, 3.63) is 65.2 Å². The molecule has 2 aromatic carbocycles.